The molecule has 0 aromatic heterocycles. The van der Waals surface area contributed by atoms with E-state index in [0.717, 1.165) is 25.3 Å². The van der Waals surface area contributed by atoms with Crippen LogP contribution < -0.4 is 5.32 Å². The SMILES string of the molecule is CCC1CNC2(CCCC2)CN1CCCS(C)=O. The van der Waals surface area contributed by atoms with Crippen molar-refractivity contribution in [3.8, 4) is 0 Å². The molecule has 1 spiro atoms. The Kier molecular flexibility index (Phi) is 5.22. The van der Waals surface area contributed by atoms with Gasteiger partial charge in [0.1, 0.15) is 0 Å². The standard InChI is InChI=1S/C14H28N2OS/c1-3-13-11-15-14(7-4-5-8-14)12-16(13)9-6-10-18(2)17/h13,15H,3-12H2,1-2H3. The van der Waals surface area contributed by atoms with Gasteiger partial charge in [0.15, 0.2) is 0 Å². The Hall–Kier alpha value is 0.0700. The van der Waals surface area contributed by atoms with Crippen molar-refractivity contribution >= 4 is 10.8 Å². The summed E-state index contributed by atoms with van der Waals surface area (Å²) < 4.78 is 11.2. The number of nitrogens with zero attached hydrogens (tertiary/aromatic N) is 1. The summed E-state index contributed by atoms with van der Waals surface area (Å²) in [5.74, 6) is 0.855. The summed E-state index contributed by atoms with van der Waals surface area (Å²) in [6, 6.07) is 0.682. The van der Waals surface area contributed by atoms with Crippen LogP contribution in [-0.2, 0) is 10.8 Å². The summed E-state index contributed by atoms with van der Waals surface area (Å²) in [6.45, 7) is 5.76. The maximum atomic E-state index is 11.2. The van der Waals surface area contributed by atoms with E-state index < -0.39 is 10.8 Å². The molecule has 1 aliphatic heterocycles. The predicted molar refractivity (Wildman–Crippen MR) is 78.4 cm³/mol. The number of hydrogen-bond donors (Lipinski definition) is 1. The molecule has 2 unspecified atom stereocenters. The maximum absolute atomic E-state index is 11.2. The Morgan fingerprint density at radius 2 is 2.11 bits per heavy atom. The van der Waals surface area contributed by atoms with E-state index in [1.54, 1.807) is 0 Å². The van der Waals surface area contributed by atoms with E-state index >= 15 is 0 Å². The highest BCUT2D eigenvalue weighted by molar-refractivity contribution is 7.84. The van der Waals surface area contributed by atoms with Gasteiger partial charge in [-0.25, -0.2) is 0 Å². The molecule has 1 aliphatic carbocycles. The van der Waals surface area contributed by atoms with Crippen molar-refractivity contribution < 1.29 is 4.21 Å². The topological polar surface area (TPSA) is 32.3 Å². The van der Waals surface area contributed by atoms with Crippen LogP contribution >= 0.6 is 0 Å². The van der Waals surface area contributed by atoms with Crippen LogP contribution in [0.1, 0.15) is 45.4 Å². The molecule has 2 aliphatic rings. The van der Waals surface area contributed by atoms with Crippen molar-refractivity contribution in [3.05, 3.63) is 0 Å². The summed E-state index contributed by atoms with van der Waals surface area (Å²) in [5.41, 5.74) is 0.414. The van der Waals surface area contributed by atoms with Gasteiger partial charge in [0.25, 0.3) is 0 Å². The van der Waals surface area contributed by atoms with Crippen LogP contribution in [0.15, 0.2) is 0 Å². The van der Waals surface area contributed by atoms with Crippen LogP contribution in [0.3, 0.4) is 0 Å². The van der Waals surface area contributed by atoms with Crippen molar-refractivity contribution in [2.45, 2.75) is 57.0 Å². The molecule has 1 saturated carbocycles. The Bertz CT molecular complexity index is 290. The number of rotatable bonds is 5. The van der Waals surface area contributed by atoms with Crippen LogP contribution in [0.2, 0.25) is 0 Å². The lowest BCUT2D eigenvalue weighted by Gasteiger charge is -2.46. The number of piperazine rings is 1. The summed E-state index contributed by atoms with van der Waals surface area (Å²) in [4.78, 5) is 2.66. The molecule has 1 N–H and O–H groups in total. The largest absolute Gasteiger partial charge is 0.308 e. The summed E-state index contributed by atoms with van der Waals surface area (Å²) >= 11 is 0. The molecule has 0 amide bonds. The lowest BCUT2D eigenvalue weighted by atomic mass is 9.91. The molecule has 1 heterocycles. The first-order valence-electron chi connectivity index (χ1n) is 7.44. The van der Waals surface area contributed by atoms with E-state index in [0.29, 0.717) is 11.6 Å². The Labute approximate surface area is 114 Å². The third-order valence-corrected chi connectivity index (χ3v) is 5.51. The smallest absolute Gasteiger partial charge is 0.0309 e. The second-order valence-electron chi connectivity index (χ2n) is 6.03. The van der Waals surface area contributed by atoms with Gasteiger partial charge in [-0.1, -0.05) is 19.8 Å². The first kappa shape index (κ1) is 14.5. The second kappa shape index (κ2) is 6.49. The molecule has 1 saturated heterocycles. The van der Waals surface area contributed by atoms with Gasteiger partial charge in [0.2, 0.25) is 0 Å². The average molecular weight is 272 g/mol. The van der Waals surface area contributed by atoms with Gasteiger partial charge in [0.05, 0.1) is 0 Å². The molecule has 0 aromatic carbocycles. The van der Waals surface area contributed by atoms with E-state index in [1.807, 2.05) is 6.26 Å². The normalized spacial score (nSPS) is 29.8. The van der Waals surface area contributed by atoms with Crippen LogP contribution in [0.5, 0.6) is 0 Å². The molecular formula is C14H28N2OS. The Morgan fingerprint density at radius 3 is 2.72 bits per heavy atom. The van der Waals surface area contributed by atoms with Crippen molar-refractivity contribution in [2.24, 2.45) is 0 Å². The van der Waals surface area contributed by atoms with Gasteiger partial charge < -0.3 is 5.32 Å². The fourth-order valence-corrected chi connectivity index (χ4v) is 4.09. The van der Waals surface area contributed by atoms with E-state index in [4.69, 9.17) is 0 Å². The van der Waals surface area contributed by atoms with Gasteiger partial charge in [-0.3, -0.25) is 9.11 Å². The fraction of sp³-hybridized carbons (Fsp3) is 1.00. The number of nitrogens with one attached hydrogen (secondary N) is 1. The highest BCUT2D eigenvalue weighted by atomic mass is 32.2. The molecule has 2 fully saturated rings. The van der Waals surface area contributed by atoms with Crippen LogP contribution in [0, 0.1) is 0 Å². The van der Waals surface area contributed by atoms with Gasteiger partial charge in [-0.2, -0.15) is 0 Å². The van der Waals surface area contributed by atoms with Gasteiger partial charge in [0, 0.05) is 47.5 Å². The first-order chi connectivity index (χ1) is 8.65. The Morgan fingerprint density at radius 1 is 1.39 bits per heavy atom. The van der Waals surface area contributed by atoms with Gasteiger partial charge >= 0.3 is 0 Å². The highest BCUT2D eigenvalue weighted by Crippen LogP contribution is 2.33. The summed E-state index contributed by atoms with van der Waals surface area (Å²) in [5, 5.41) is 3.82. The first-order valence-corrected chi connectivity index (χ1v) is 9.17. The van der Waals surface area contributed by atoms with E-state index in [2.05, 4.69) is 17.1 Å². The maximum Gasteiger partial charge on any atom is 0.0309 e. The molecule has 106 valence electrons. The van der Waals surface area contributed by atoms with Crippen molar-refractivity contribution in [2.75, 3.05) is 31.6 Å². The third kappa shape index (κ3) is 3.55. The molecule has 0 radical (unpaired) electrons. The minimum absolute atomic E-state index is 0.414. The second-order valence-corrected chi connectivity index (χ2v) is 7.59. The van der Waals surface area contributed by atoms with Gasteiger partial charge in [-0.05, 0) is 32.2 Å². The highest BCUT2D eigenvalue weighted by Gasteiger charge is 2.40. The zero-order chi connectivity index (χ0) is 13.0. The van der Waals surface area contributed by atoms with Crippen LogP contribution in [0.25, 0.3) is 0 Å². The summed E-state index contributed by atoms with van der Waals surface area (Å²) in [7, 11) is -0.636. The van der Waals surface area contributed by atoms with Crippen molar-refractivity contribution in [1.29, 1.82) is 0 Å². The van der Waals surface area contributed by atoms with E-state index in [1.165, 1.54) is 38.6 Å². The third-order valence-electron chi connectivity index (χ3n) is 4.64. The predicted octanol–water partition coefficient (Wildman–Crippen LogP) is 1.75. The average Bonchev–Trinajstić information content (AvgIpc) is 2.77. The molecule has 4 heteroatoms. The molecule has 3 nitrogen and oxygen atoms in total. The molecule has 0 bridgehead atoms. The lowest BCUT2D eigenvalue weighted by Crippen LogP contribution is -2.63. The Balaban J connectivity index is 1.88. The minimum Gasteiger partial charge on any atom is -0.308 e. The molecular weight excluding hydrogens is 244 g/mol. The molecule has 2 rings (SSSR count). The van der Waals surface area contributed by atoms with E-state index in [9.17, 15) is 4.21 Å². The van der Waals surface area contributed by atoms with Crippen LogP contribution in [-0.4, -0.2) is 52.3 Å². The monoisotopic (exact) mass is 272 g/mol. The minimum atomic E-state index is -0.636. The molecule has 18 heavy (non-hydrogen) atoms. The summed E-state index contributed by atoms with van der Waals surface area (Å²) in [6.07, 6.45) is 9.58. The zero-order valence-electron chi connectivity index (χ0n) is 11.9. The van der Waals surface area contributed by atoms with Crippen molar-refractivity contribution in [3.63, 3.8) is 0 Å². The lowest BCUT2D eigenvalue weighted by molar-refractivity contribution is 0.0787. The van der Waals surface area contributed by atoms with Gasteiger partial charge in [-0.15, -0.1) is 0 Å². The van der Waals surface area contributed by atoms with E-state index in [-0.39, 0.29) is 0 Å². The van der Waals surface area contributed by atoms with Crippen LogP contribution in [0.4, 0.5) is 0 Å². The zero-order valence-corrected chi connectivity index (χ0v) is 12.7. The number of hydrogen-bond acceptors (Lipinski definition) is 3. The quantitative estimate of drug-likeness (QED) is 0.827. The van der Waals surface area contributed by atoms with Crippen molar-refractivity contribution in [1.82, 2.24) is 10.2 Å². The fourth-order valence-electron chi connectivity index (χ4n) is 3.56. The molecule has 2 atom stereocenters. The molecule has 0 aromatic rings.